The van der Waals surface area contributed by atoms with E-state index in [1.807, 2.05) is 19.2 Å². The number of nitrogens with zero attached hydrogens (tertiary/aromatic N) is 1. The van der Waals surface area contributed by atoms with E-state index in [4.69, 9.17) is 0 Å². The molecule has 1 aromatic heterocycles. The van der Waals surface area contributed by atoms with Crippen molar-refractivity contribution in [2.75, 3.05) is 0 Å². The van der Waals surface area contributed by atoms with Gasteiger partial charge in [0.25, 0.3) is 5.56 Å². The summed E-state index contributed by atoms with van der Waals surface area (Å²) >= 11 is 0. The summed E-state index contributed by atoms with van der Waals surface area (Å²) < 4.78 is 1.75. The number of hydrogen-bond donors (Lipinski definition) is 0. The van der Waals surface area contributed by atoms with E-state index in [2.05, 4.69) is 45.0 Å². The fraction of sp³-hybridized carbons (Fsp3) is 0.353. The van der Waals surface area contributed by atoms with E-state index in [-0.39, 0.29) is 11.0 Å². The van der Waals surface area contributed by atoms with Crippen LogP contribution in [0.25, 0.3) is 0 Å². The molecule has 100 valence electrons. The summed E-state index contributed by atoms with van der Waals surface area (Å²) in [5.41, 5.74) is 3.78. The predicted molar refractivity (Wildman–Crippen MR) is 79.7 cm³/mol. The van der Waals surface area contributed by atoms with Crippen molar-refractivity contribution in [1.82, 2.24) is 4.57 Å². The molecule has 2 aromatic rings. The Kier molecular flexibility index (Phi) is 3.61. The molecule has 0 aliphatic heterocycles. The Bertz CT molecular complexity index is 615. The normalized spacial score (nSPS) is 11.6. The zero-order valence-corrected chi connectivity index (χ0v) is 12.1. The highest BCUT2D eigenvalue weighted by molar-refractivity contribution is 5.27. The van der Waals surface area contributed by atoms with Crippen molar-refractivity contribution in [3.8, 4) is 0 Å². The second-order valence-corrected chi connectivity index (χ2v) is 6.12. The van der Waals surface area contributed by atoms with Gasteiger partial charge in [0.1, 0.15) is 0 Å². The average Bonchev–Trinajstić information content (AvgIpc) is 2.33. The van der Waals surface area contributed by atoms with Crippen LogP contribution in [0.15, 0.2) is 47.4 Å². The van der Waals surface area contributed by atoms with Gasteiger partial charge in [-0.05, 0) is 29.0 Å². The van der Waals surface area contributed by atoms with Crippen LogP contribution >= 0.6 is 0 Å². The minimum Gasteiger partial charge on any atom is -0.311 e. The maximum Gasteiger partial charge on any atom is 0.250 e. The van der Waals surface area contributed by atoms with Gasteiger partial charge in [-0.25, -0.2) is 0 Å². The molecule has 0 saturated heterocycles. The monoisotopic (exact) mass is 255 g/mol. The van der Waals surface area contributed by atoms with Crippen LogP contribution in [0, 0.1) is 6.92 Å². The quantitative estimate of drug-likeness (QED) is 0.805. The molecule has 0 aliphatic carbocycles. The van der Waals surface area contributed by atoms with E-state index >= 15 is 0 Å². The first-order valence-electron chi connectivity index (χ1n) is 6.63. The van der Waals surface area contributed by atoms with E-state index in [0.717, 1.165) is 11.1 Å². The number of rotatable bonds is 2. The van der Waals surface area contributed by atoms with E-state index < -0.39 is 0 Å². The lowest BCUT2D eigenvalue weighted by molar-refractivity contribution is 0.589. The molecule has 1 heterocycles. The Labute approximate surface area is 114 Å². The zero-order valence-electron chi connectivity index (χ0n) is 12.1. The van der Waals surface area contributed by atoms with Crippen LogP contribution in [-0.2, 0) is 12.0 Å². The molecule has 0 fully saturated rings. The molecule has 0 amide bonds. The van der Waals surface area contributed by atoms with Gasteiger partial charge < -0.3 is 4.57 Å². The highest BCUT2D eigenvalue weighted by atomic mass is 16.1. The third-order valence-electron chi connectivity index (χ3n) is 3.30. The number of aromatic nitrogens is 1. The van der Waals surface area contributed by atoms with Gasteiger partial charge in [0.05, 0.1) is 6.54 Å². The lowest BCUT2D eigenvalue weighted by atomic mass is 9.87. The molecule has 0 spiro atoms. The SMILES string of the molecule is Cc1ccc(=O)n(Cc2ccc(C(C)(C)C)cc2)c1. The molecule has 0 saturated carbocycles. The molecule has 19 heavy (non-hydrogen) atoms. The topological polar surface area (TPSA) is 22.0 Å². The summed E-state index contributed by atoms with van der Waals surface area (Å²) in [5, 5.41) is 0. The van der Waals surface area contributed by atoms with Gasteiger partial charge in [-0.2, -0.15) is 0 Å². The van der Waals surface area contributed by atoms with E-state index in [1.165, 1.54) is 5.56 Å². The van der Waals surface area contributed by atoms with Crippen molar-refractivity contribution >= 4 is 0 Å². The number of benzene rings is 1. The minimum absolute atomic E-state index is 0.0468. The number of pyridine rings is 1. The summed E-state index contributed by atoms with van der Waals surface area (Å²) in [6.45, 7) is 9.23. The van der Waals surface area contributed by atoms with Crippen LogP contribution < -0.4 is 5.56 Å². The largest absolute Gasteiger partial charge is 0.311 e. The van der Waals surface area contributed by atoms with Crippen LogP contribution in [0.4, 0.5) is 0 Å². The van der Waals surface area contributed by atoms with Gasteiger partial charge in [0.2, 0.25) is 0 Å². The molecule has 0 atom stereocenters. The van der Waals surface area contributed by atoms with Gasteiger partial charge in [-0.3, -0.25) is 4.79 Å². The van der Waals surface area contributed by atoms with Crippen molar-refractivity contribution in [2.45, 2.75) is 39.7 Å². The standard InChI is InChI=1S/C17H21NO/c1-13-5-10-16(19)18(11-13)12-14-6-8-15(9-7-14)17(2,3)4/h5-11H,12H2,1-4H3. The molecule has 2 heteroatoms. The average molecular weight is 255 g/mol. The van der Waals surface area contributed by atoms with Crippen molar-refractivity contribution in [1.29, 1.82) is 0 Å². The van der Waals surface area contributed by atoms with E-state index in [0.29, 0.717) is 6.54 Å². The van der Waals surface area contributed by atoms with Gasteiger partial charge in [-0.1, -0.05) is 51.1 Å². The van der Waals surface area contributed by atoms with Gasteiger partial charge in [0.15, 0.2) is 0 Å². The Morgan fingerprint density at radius 3 is 2.21 bits per heavy atom. The summed E-state index contributed by atoms with van der Waals surface area (Å²) in [5.74, 6) is 0. The molecule has 0 radical (unpaired) electrons. The van der Waals surface area contributed by atoms with E-state index in [1.54, 1.807) is 10.6 Å². The predicted octanol–water partition coefficient (Wildman–Crippen LogP) is 3.50. The van der Waals surface area contributed by atoms with Crippen molar-refractivity contribution in [3.05, 3.63) is 69.6 Å². The Morgan fingerprint density at radius 1 is 1.00 bits per heavy atom. The lowest BCUT2D eigenvalue weighted by Gasteiger charge is -2.19. The molecule has 2 rings (SSSR count). The number of hydrogen-bond acceptors (Lipinski definition) is 1. The summed E-state index contributed by atoms with van der Waals surface area (Å²) in [6.07, 6.45) is 1.90. The van der Waals surface area contributed by atoms with Crippen molar-refractivity contribution in [3.63, 3.8) is 0 Å². The van der Waals surface area contributed by atoms with Crippen LogP contribution in [0.3, 0.4) is 0 Å². The molecule has 2 nitrogen and oxygen atoms in total. The van der Waals surface area contributed by atoms with E-state index in [9.17, 15) is 4.79 Å². The molecule has 0 aliphatic rings. The van der Waals surface area contributed by atoms with Gasteiger partial charge in [0, 0.05) is 12.3 Å². The molecule has 1 aromatic carbocycles. The molecule has 0 N–H and O–H groups in total. The maximum atomic E-state index is 11.8. The minimum atomic E-state index is 0.0468. The van der Waals surface area contributed by atoms with Gasteiger partial charge >= 0.3 is 0 Å². The van der Waals surface area contributed by atoms with Crippen LogP contribution in [-0.4, -0.2) is 4.57 Å². The summed E-state index contributed by atoms with van der Waals surface area (Å²) in [7, 11) is 0. The second kappa shape index (κ2) is 5.04. The van der Waals surface area contributed by atoms with Crippen molar-refractivity contribution < 1.29 is 0 Å². The molecule has 0 bridgehead atoms. The van der Waals surface area contributed by atoms with Crippen LogP contribution in [0.5, 0.6) is 0 Å². The Hall–Kier alpha value is -1.83. The first kappa shape index (κ1) is 13.6. The third-order valence-corrected chi connectivity index (χ3v) is 3.30. The highest BCUT2D eigenvalue weighted by Crippen LogP contribution is 2.22. The van der Waals surface area contributed by atoms with Crippen LogP contribution in [0.2, 0.25) is 0 Å². The summed E-state index contributed by atoms with van der Waals surface area (Å²) in [6, 6.07) is 12.0. The fourth-order valence-corrected chi connectivity index (χ4v) is 2.08. The third kappa shape index (κ3) is 3.34. The number of aryl methyl sites for hydroxylation is 1. The smallest absolute Gasteiger partial charge is 0.250 e. The maximum absolute atomic E-state index is 11.8. The molecule has 0 unspecified atom stereocenters. The first-order chi connectivity index (χ1) is 8.86. The first-order valence-corrected chi connectivity index (χ1v) is 6.63. The molecular formula is C17H21NO. The molecular weight excluding hydrogens is 234 g/mol. The zero-order chi connectivity index (χ0) is 14.0. The highest BCUT2D eigenvalue weighted by Gasteiger charge is 2.12. The fourth-order valence-electron chi connectivity index (χ4n) is 2.08. The van der Waals surface area contributed by atoms with Gasteiger partial charge in [-0.15, -0.1) is 0 Å². The van der Waals surface area contributed by atoms with Crippen molar-refractivity contribution in [2.24, 2.45) is 0 Å². The second-order valence-electron chi connectivity index (χ2n) is 6.12. The lowest BCUT2D eigenvalue weighted by Crippen LogP contribution is -2.19. The Morgan fingerprint density at radius 2 is 1.63 bits per heavy atom. The Balaban J connectivity index is 2.25. The summed E-state index contributed by atoms with van der Waals surface area (Å²) in [4.78, 5) is 11.8. The van der Waals surface area contributed by atoms with Crippen LogP contribution in [0.1, 0.15) is 37.5 Å².